The number of fused-ring (bicyclic) bond motifs is 1. The minimum absolute atomic E-state index is 0.0850. The average Bonchev–Trinajstić information content (AvgIpc) is 3.24. The molecule has 0 radical (unpaired) electrons. The van der Waals surface area contributed by atoms with E-state index < -0.39 is 12.1 Å². The van der Waals surface area contributed by atoms with Crippen molar-refractivity contribution in [2.75, 3.05) is 6.54 Å². The first-order valence-electron chi connectivity index (χ1n) is 11.4. The fourth-order valence-electron chi connectivity index (χ4n) is 4.10. The third-order valence-electron chi connectivity index (χ3n) is 5.93. The lowest BCUT2D eigenvalue weighted by molar-refractivity contribution is -0.127. The summed E-state index contributed by atoms with van der Waals surface area (Å²) in [6.45, 7) is 6.66. The highest BCUT2D eigenvalue weighted by molar-refractivity contribution is 6.31. The lowest BCUT2D eigenvalue weighted by Gasteiger charge is -2.15. The number of nitrogens with one attached hydrogen (secondary N) is 3. The molecule has 7 nitrogen and oxygen atoms in total. The Hall–Kier alpha value is -2.54. The Balaban J connectivity index is 1.46. The minimum atomic E-state index is -0.651. The number of carbonyl (C=O) groups is 3. The molecule has 4 amide bonds. The molecule has 2 atom stereocenters. The first kappa shape index (κ1) is 24.1. The Labute approximate surface area is 194 Å². The van der Waals surface area contributed by atoms with E-state index in [9.17, 15) is 14.4 Å². The van der Waals surface area contributed by atoms with Crippen molar-refractivity contribution in [3.05, 3.63) is 35.0 Å². The molecule has 8 heteroatoms. The van der Waals surface area contributed by atoms with E-state index in [2.05, 4.69) is 29.5 Å². The Morgan fingerprint density at radius 3 is 2.75 bits per heavy atom. The number of nitrogens with zero attached hydrogens (tertiary/aromatic N) is 1. The standard InChI is InChI=1S/C24H33ClN4O3/c1-15(2)5-4-6-16(3)27-22(30)10-9-21-23(31)29(24(32)28-21)12-11-17-14-26-20-8-7-18(25)13-19(17)20/h7-8,13-16,21,26H,4-6,9-12H2,1-3H3,(H,27,30)(H,28,32). The molecule has 3 N–H and O–H groups in total. The number of benzene rings is 1. The second kappa shape index (κ2) is 10.9. The fourth-order valence-corrected chi connectivity index (χ4v) is 4.27. The molecule has 2 unspecified atom stereocenters. The highest BCUT2D eigenvalue weighted by atomic mass is 35.5. The molecule has 1 saturated heterocycles. The molecular weight excluding hydrogens is 428 g/mol. The van der Waals surface area contributed by atoms with Crippen LogP contribution in [0, 0.1) is 5.92 Å². The predicted molar refractivity (Wildman–Crippen MR) is 127 cm³/mol. The molecule has 1 aromatic carbocycles. The van der Waals surface area contributed by atoms with Gasteiger partial charge in [0.05, 0.1) is 0 Å². The molecule has 1 aromatic heterocycles. The second-order valence-electron chi connectivity index (χ2n) is 9.08. The molecule has 1 fully saturated rings. The van der Waals surface area contributed by atoms with Gasteiger partial charge in [-0.3, -0.25) is 14.5 Å². The van der Waals surface area contributed by atoms with Crippen molar-refractivity contribution in [1.82, 2.24) is 20.5 Å². The number of halogens is 1. The van der Waals surface area contributed by atoms with Gasteiger partial charge in [-0.25, -0.2) is 4.79 Å². The highest BCUT2D eigenvalue weighted by Crippen LogP contribution is 2.23. The van der Waals surface area contributed by atoms with E-state index in [-0.39, 0.29) is 30.8 Å². The molecule has 2 aromatic rings. The molecule has 174 valence electrons. The second-order valence-corrected chi connectivity index (χ2v) is 9.51. The summed E-state index contributed by atoms with van der Waals surface area (Å²) in [6.07, 6.45) is 6.08. The van der Waals surface area contributed by atoms with E-state index in [4.69, 9.17) is 11.6 Å². The molecule has 2 heterocycles. The molecule has 0 aliphatic carbocycles. The molecule has 0 bridgehead atoms. The topological polar surface area (TPSA) is 94.3 Å². The summed E-state index contributed by atoms with van der Waals surface area (Å²) in [6, 6.07) is 4.65. The van der Waals surface area contributed by atoms with Gasteiger partial charge in [-0.05, 0) is 55.9 Å². The van der Waals surface area contributed by atoms with Crippen molar-refractivity contribution in [3.8, 4) is 0 Å². The number of urea groups is 1. The SMILES string of the molecule is CC(C)CCCC(C)NC(=O)CCC1NC(=O)N(CCc2c[nH]c3ccc(Cl)cc23)C1=O. The zero-order chi connectivity index (χ0) is 23.3. The lowest BCUT2D eigenvalue weighted by atomic mass is 10.0. The first-order chi connectivity index (χ1) is 15.2. The van der Waals surface area contributed by atoms with Crippen LogP contribution in [0.2, 0.25) is 5.02 Å². The zero-order valence-corrected chi connectivity index (χ0v) is 19.8. The Kier molecular flexibility index (Phi) is 8.18. The maximum atomic E-state index is 12.7. The Morgan fingerprint density at radius 1 is 1.22 bits per heavy atom. The number of amides is 4. The first-order valence-corrected chi connectivity index (χ1v) is 11.8. The van der Waals surface area contributed by atoms with Crippen LogP contribution in [0.4, 0.5) is 4.79 Å². The van der Waals surface area contributed by atoms with Gasteiger partial charge in [0.2, 0.25) is 5.91 Å². The van der Waals surface area contributed by atoms with Gasteiger partial charge in [-0.2, -0.15) is 0 Å². The molecule has 1 aliphatic rings. The number of rotatable bonds is 11. The quantitative estimate of drug-likeness (QED) is 0.434. The predicted octanol–water partition coefficient (Wildman–Crippen LogP) is 4.40. The maximum absolute atomic E-state index is 12.7. The molecule has 1 aliphatic heterocycles. The lowest BCUT2D eigenvalue weighted by Crippen LogP contribution is -2.35. The normalized spacial score (nSPS) is 17.3. The van der Waals surface area contributed by atoms with Gasteiger partial charge in [0.25, 0.3) is 5.91 Å². The van der Waals surface area contributed by atoms with Crippen molar-refractivity contribution >= 4 is 40.3 Å². The van der Waals surface area contributed by atoms with Crippen LogP contribution >= 0.6 is 11.6 Å². The number of hydrogen-bond acceptors (Lipinski definition) is 3. The average molecular weight is 461 g/mol. The van der Waals surface area contributed by atoms with Crippen LogP contribution in [0.5, 0.6) is 0 Å². The summed E-state index contributed by atoms with van der Waals surface area (Å²) in [5, 5.41) is 7.33. The van der Waals surface area contributed by atoms with Gasteiger partial charge in [0.15, 0.2) is 0 Å². The summed E-state index contributed by atoms with van der Waals surface area (Å²) in [5.41, 5.74) is 1.96. The van der Waals surface area contributed by atoms with Crippen molar-refractivity contribution < 1.29 is 14.4 Å². The third kappa shape index (κ3) is 6.25. The van der Waals surface area contributed by atoms with Crippen LogP contribution in [0.25, 0.3) is 10.9 Å². The van der Waals surface area contributed by atoms with Crippen LogP contribution in [0.15, 0.2) is 24.4 Å². The number of carbonyl (C=O) groups excluding carboxylic acids is 3. The van der Waals surface area contributed by atoms with Gasteiger partial charge in [0, 0.05) is 41.1 Å². The zero-order valence-electron chi connectivity index (χ0n) is 19.0. The third-order valence-corrected chi connectivity index (χ3v) is 6.16. The van der Waals surface area contributed by atoms with Gasteiger partial charge >= 0.3 is 6.03 Å². The number of aromatic nitrogens is 1. The van der Waals surface area contributed by atoms with Crippen molar-refractivity contribution in [3.63, 3.8) is 0 Å². The number of H-pyrrole nitrogens is 1. The summed E-state index contributed by atoms with van der Waals surface area (Å²) in [7, 11) is 0. The minimum Gasteiger partial charge on any atom is -0.361 e. The van der Waals surface area contributed by atoms with Gasteiger partial charge in [-0.1, -0.05) is 38.3 Å². The summed E-state index contributed by atoms with van der Waals surface area (Å²) in [4.78, 5) is 41.7. The van der Waals surface area contributed by atoms with Gasteiger partial charge < -0.3 is 15.6 Å². The molecule has 32 heavy (non-hydrogen) atoms. The van der Waals surface area contributed by atoms with Crippen LogP contribution in [-0.4, -0.2) is 46.4 Å². The number of aromatic amines is 1. The van der Waals surface area contributed by atoms with Crippen LogP contribution < -0.4 is 10.6 Å². The van der Waals surface area contributed by atoms with E-state index >= 15 is 0 Å². The van der Waals surface area contributed by atoms with E-state index in [1.807, 2.05) is 31.3 Å². The smallest absolute Gasteiger partial charge is 0.324 e. The number of hydrogen-bond donors (Lipinski definition) is 3. The number of imide groups is 1. The maximum Gasteiger partial charge on any atom is 0.324 e. The van der Waals surface area contributed by atoms with Crippen molar-refractivity contribution in [1.29, 1.82) is 0 Å². The van der Waals surface area contributed by atoms with Crippen LogP contribution in [0.1, 0.15) is 58.4 Å². The molecular formula is C24H33ClN4O3. The van der Waals surface area contributed by atoms with Crippen LogP contribution in [0.3, 0.4) is 0 Å². The highest BCUT2D eigenvalue weighted by Gasteiger charge is 2.37. The van der Waals surface area contributed by atoms with Crippen molar-refractivity contribution in [2.45, 2.75) is 71.4 Å². The molecule has 3 rings (SSSR count). The summed E-state index contributed by atoms with van der Waals surface area (Å²) < 4.78 is 0. The van der Waals surface area contributed by atoms with E-state index in [0.717, 1.165) is 35.7 Å². The fraction of sp³-hybridized carbons (Fsp3) is 0.542. The van der Waals surface area contributed by atoms with E-state index in [1.165, 1.54) is 4.90 Å². The van der Waals surface area contributed by atoms with Gasteiger partial charge in [-0.15, -0.1) is 0 Å². The monoisotopic (exact) mass is 460 g/mol. The van der Waals surface area contributed by atoms with Crippen molar-refractivity contribution in [2.24, 2.45) is 5.92 Å². The summed E-state index contributed by atoms with van der Waals surface area (Å²) in [5.74, 6) is 0.301. The molecule has 0 spiro atoms. The summed E-state index contributed by atoms with van der Waals surface area (Å²) >= 11 is 6.09. The Bertz CT molecular complexity index is 971. The van der Waals surface area contributed by atoms with E-state index in [1.54, 1.807) is 0 Å². The van der Waals surface area contributed by atoms with Gasteiger partial charge in [0.1, 0.15) is 6.04 Å². The Morgan fingerprint density at radius 2 is 2.00 bits per heavy atom. The largest absolute Gasteiger partial charge is 0.361 e. The van der Waals surface area contributed by atoms with Crippen LogP contribution in [-0.2, 0) is 16.0 Å². The molecule has 0 saturated carbocycles. The van der Waals surface area contributed by atoms with E-state index in [0.29, 0.717) is 23.8 Å².